The number of pyridine rings is 1. The number of anilines is 1. The summed E-state index contributed by atoms with van der Waals surface area (Å²) in [6.45, 7) is 11.9. The molecule has 1 aromatic rings. The molecule has 112 valence electrons. The smallest absolute Gasteiger partial charge is 0.251 e. The van der Waals surface area contributed by atoms with Gasteiger partial charge in [0, 0.05) is 36.4 Å². The molecule has 3 N–H and O–H groups in total. The van der Waals surface area contributed by atoms with Crippen LogP contribution in [0.25, 0.3) is 0 Å². The van der Waals surface area contributed by atoms with Crippen molar-refractivity contribution in [1.29, 1.82) is 0 Å². The maximum Gasteiger partial charge on any atom is 0.251 e. The molecule has 0 radical (unpaired) electrons. The van der Waals surface area contributed by atoms with Gasteiger partial charge in [0.2, 0.25) is 0 Å². The molecule has 1 aromatic heterocycles. The second kappa shape index (κ2) is 7.24. The Bertz CT molecular complexity index is 429. The summed E-state index contributed by atoms with van der Waals surface area (Å²) in [7, 11) is 0. The quantitative estimate of drug-likeness (QED) is 0.832. The predicted octanol–water partition coefficient (Wildman–Crippen LogP) is 1.82. The molecule has 0 bridgehead atoms. The second-order valence-corrected chi connectivity index (χ2v) is 5.60. The lowest BCUT2D eigenvalue weighted by Gasteiger charge is -2.30. The third-order valence-corrected chi connectivity index (χ3v) is 3.22. The minimum atomic E-state index is -0.102. The van der Waals surface area contributed by atoms with Crippen LogP contribution in [0.2, 0.25) is 0 Å². The van der Waals surface area contributed by atoms with Crippen molar-refractivity contribution in [2.75, 3.05) is 18.8 Å². The van der Waals surface area contributed by atoms with Crippen LogP contribution in [0.5, 0.6) is 0 Å². The van der Waals surface area contributed by atoms with Crippen LogP contribution in [0, 0.1) is 6.92 Å². The Hall–Kier alpha value is -1.62. The van der Waals surface area contributed by atoms with Gasteiger partial charge in [-0.2, -0.15) is 0 Å². The van der Waals surface area contributed by atoms with E-state index in [1.807, 2.05) is 6.92 Å². The molecule has 1 amide bonds. The molecular weight excluding hydrogens is 252 g/mol. The highest BCUT2D eigenvalue weighted by atomic mass is 16.1. The zero-order valence-corrected chi connectivity index (χ0v) is 13.1. The van der Waals surface area contributed by atoms with Gasteiger partial charge < -0.3 is 11.1 Å². The predicted molar refractivity (Wildman–Crippen MR) is 82.7 cm³/mol. The summed E-state index contributed by atoms with van der Waals surface area (Å²) in [6.07, 6.45) is 0. The van der Waals surface area contributed by atoms with Crippen LogP contribution in [0.1, 0.15) is 43.7 Å². The van der Waals surface area contributed by atoms with Crippen molar-refractivity contribution in [3.05, 3.63) is 23.4 Å². The lowest BCUT2D eigenvalue weighted by atomic mass is 10.2. The monoisotopic (exact) mass is 278 g/mol. The zero-order valence-electron chi connectivity index (χ0n) is 13.1. The first-order valence-corrected chi connectivity index (χ1v) is 7.09. The topological polar surface area (TPSA) is 71.2 Å². The summed E-state index contributed by atoms with van der Waals surface area (Å²) in [5.41, 5.74) is 6.97. The van der Waals surface area contributed by atoms with Gasteiger partial charge in [-0.25, -0.2) is 4.98 Å². The van der Waals surface area contributed by atoms with Crippen LogP contribution >= 0.6 is 0 Å². The van der Waals surface area contributed by atoms with Gasteiger partial charge in [0.15, 0.2) is 0 Å². The first kappa shape index (κ1) is 16.4. The Kier molecular flexibility index (Phi) is 5.95. The summed E-state index contributed by atoms with van der Waals surface area (Å²) in [5, 5.41) is 2.93. The van der Waals surface area contributed by atoms with Gasteiger partial charge in [0.05, 0.1) is 0 Å². The summed E-state index contributed by atoms with van der Waals surface area (Å²) in [6, 6.07) is 4.27. The summed E-state index contributed by atoms with van der Waals surface area (Å²) in [5.74, 6) is 0.274. The number of hydrogen-bond acceptors (Lipinski definition) is 4. The molecule has 0 aliphatic rings. The number of amides is 1. The van der Waals surface area contributed by atoms with Gasteiger partial charge >= 0.3 is 0 Å². The summed E-state index contributed by atoms with van der Waals surface area (Å²) < 4.78 is 0. The normalized spacial score (nSPS) is 11.4. The standard InChI is InChI=1S/C15H26N4O/c1-10(2)19(11(3)4)7-6-17-15(20)13-8-12(5)18-14(16)9-13/h8-11H,6-7H2,1-5H3,(H2,16,18)(H,17,20). The number of rotatable bonds is 6. The van der Waals surface area contributed by atoms with Crippen molar-refractivity contribution >= 4 is 11.7 Å². The third kappa shape index (κ3) is 4.81. The van der Waals surface area contributed by atoms with E-state index in [4.69, 9.17) is 5.73 Å². The van der Waals surface area contributed by atoms with Crippen LogP contribution in [0.15, 0.2) is 12.1 Å². The highest BCUT2D eigenvalue weighted by Gasteiger charge is 2.13. The van der Waals surface area contributed by atoms with E-state index in [0.717, 1.165) is 12.2 Å². The number of nitrogens with zero attached hydrogens (tertiary/aromatic N) is 2. The third-order valence-electron chi connectivity index (χ3n) is 3.22. The van der Waals surface area contributed by atoms with Crippen LogP contribution in [-0.4, -0.2) is 41.0 Å². The SMILES string of the molecule is Cc1cc(C(=O)NCCN(C(C)C)C(C)C)cc(N)n1. The fourth-order valence-corrected chi connectivity index (χ4v) is 2.34. The molecule has 0 fully saturated rings. The van der Waals surface area contributed by atoms with E-state index in [9.17, 15) is 4.79 Å². The number of aromatic nitrogens is 1. The van der Waals surface area contributed by atoms with E-state index in [0.29, 0.717) is 30.0 Å². The minimum absolute atomic E-state index is 0.102. The van der Waals surface area contributed by atoms with Gasteiger partial charge in [0.1, 0.15) is 5.82 Å². The Morgan fingerprint density at radius 2 is 1.90 bits per heavy atom. The van der Waals surface area contributed by atoms with Crippen molar-refractivity contribution in [2.45, 2.75) is 46.7 Å². The Balaban J connectivity index is 2.55. The van der Waals surface area contributed by atoms with Crippen molar-refractivity contribution in [1.82, 2.24) is 15.2 Å². The molecule has 0 spiro atoms. The highest BCUT2D eigenvalue weighted by Crippen LogP contribution is 2.07. The van der Waals surface area contributed by atoms with Gasteiger partial charge in [-0.1, -0.05) is 0 Å². The fraction of sp³-hybridized carbons (Fsp3) is 0.600. The highest BCUT2D eigenvalue weighted by molar-refractivity contribution is 5.94. The number of nitrogens with two attached hydrogens (primary N) is 1. The van der Waals surface area contributed by atoms with E-state index >= 15 is 0 Å². The van der Waals surface area contributed by atoms with Crippen molar-refractivity contribution in [2.24, 2.45) is 0 Å². The number of carbonyl (C=O) groups excluding carboxylic acids is 1. The van der Waals surface area contributed by atoms with Crippen molar-refractivity contribution in [3.63, 3.8) is 0 Å². The molecule has 20 heavy (non-hydrogen) atoms. The summed E-state index contributed by atoms with van der Waals surface area (Å²) >= 11 is 0. The maximum absolute atomic E-state index is 12.1. The van der Waals surface area contributed by atoms with Crippen LogP contribution in [0.4, 0.5) is 5.82 Å². The second-order valence-electron chi connectivity index (χ2n) is 5.60. The number of hydrogen-bond donors (Lipinski definition) is 2. The zero-order chi connectivity index (χ0) is 15.3. The van der Waals surface area contributed by atoms with Crippen molar-refractivity contribution in [3.8, 4) is 0 Å². The van der Waals surface area contributed by atoms with Gasteiger partial charge in [0.25, 0.3) is 5.91 Å². The average molecular weight is 278 g/mol. The molecular formula is C15H26N4O. The van der Waals surface area contributed by atoms with Crippen LogP contribution < -0.4 is 11.1 Å². The molecule has 0 saturated heterocycles. The molecule has 0 aliphatic carbocycles. The Morgan fingerprint density at radius 3 is 2.40 bits per heavy atom. The minimum Gasteiger partial charge on any atom is -0.384 e. The van der Waals surface area contributed by atoms with Crippen molar-refractivity contribution < 1.29 is 4.79 Å². The number of aryl methyl sites for hydroxylation is 1. The molecule has 1 rings (SSSR count). The molecule has 5 heteroatoms. The number of nitrogens with one attached hydrogen (secondary N) is 1. The lowest BCUT2D eigenvalue weighted by molar-refractivity contribution is 0.0939. The number of nitrogen functional groups attached to an aromatic ring is 1. The first-order valence-electron chi connectivity index (χ1n) is 7.09. The molecule has 0 aromatic carbocycles. The van der Waals surface area contributed by atoms with Gasteiger partial charge in [-0.3, -0.25) is 9.69 Å². The van der Waals surface area contributed by atoms with E-state index in [-0.39, 0.29) is 5.91 Å². The average Bonchev–Trinajstić information content (AvgIpc) is 2.32. The van der Waals surface area contributed by atoms with E-state index < -0.39 is 0 Å². The van der Waals surface area contributed by atoms with Crippen LogP contribution in [-0.2, 0) is 0 Å². The largest absolute Gasteiger partial charge is 0.384 e. The van der Waals surface area contributed by atoms with Crippen LogP contribution in [0.3, 0.4) is 0 Å². The Labute approximate surface area is 121 Å². The van der Waals surface area contributed by atoms with Gasteiger partial charge in [-0.05, 0) is 46.8 Å². The van der Waals surface area contributed by atoms with Gasteiger partial charge in [-0.15, -0.1) is 0 Å². The molecule has 0 saturated carbocycles. The molecule has 1 heterocycles. The fourth-order valence-electron chi connectivity index (χ4n) is 2.34. The Morgan fingerprint density at radius 1 is 1.30 bits per heavy atom. The molecule has 0 unspecified atom stereocenters. The van der Waals surface area contributed by atoms with E-state index in [2.05, 4.69) is 42.9 Å². The lowest BCUT2D eigenvalue weighted by Crippen LogP contribution is -2.42. The molecule has 5 nitrogen and oxygen atoms in total. The van der Waals surface area contributed by atoms with E-state index in [1.54, 1.807) is 12.1 Å². The number of carbonyl (C=O) groups is 1. The van der Waals surface area contributed by atoms with E-state index in [1.165, 1.54) is 0 Å². The summed E-state index contributed by atoms with van der Waals surface area (Å²) in [4.78, 5) is 18.5. The molecule has 0 atom stereocenters. The maximum atomic E-state index is 12.1. The first-order chi connectivity index (χ1) is 9.31. The molecule has 0 aliphatic heterocycles.